The molecule has 0 aliphatic rings. The third-order valence-corrected chi connectivity index (χ3v) is 4.05. The summed E-state index contributed by atoms with van der Waals surface area (Å²) in [6.07, 6.45) is -8.65. The monoisotopic (exact) mass is 572 g/mol. The maximum absolute atomic E-state index is 11.8. The summed E-state index contributed by atoms with van der Waals surface area (Å²) in [5.41, 5.74) is 1.18. The third-order valence-electron chi connectivity index (χ3n) is 4.05. The van der Waals surface area contributed by atoms with Crippen LogP contribution in [-0.4, -0.2) is 10.2 Å². The summed E-state index contributed by atoms with van der Waals surface area (Å²) >= 11 is 0. The maximum atomic E-state index is 11.8. The molecule has 0 amide bonds. The SMILES string of the molecule is C[c-]1cccc1.C[c-]1cccc1.Oc1ccc(C(F)(F)F)cc1.Oc1ccc(C(F)(F)F)cc1.[Zr+2]. The Balaban J connectivity index is 0.000000452. The molecule has 0 aliphatic carbocycles. The van der Waals surface area contributed by atoms with E-state index in [4.69, 9.17) is 10.2 Å². The summed E-state index contributed by atoms with van der Waals surface area (Å²) in [6.45, 7) is 4.17. The molecular weight excluding hydrogens is 549 g/mol. The predicted molar refractivity (Wildman–Crippen MR) is 120 cm³/mol. The van der Waals surface area contributed by atoms with Crippen LogP contribution in [0.25, 0.3) is 0 Å². The van der Waals surface area contributed by atoms with E-state index in [1.54, 1.807) is 0 Å². The molecule has 0 saturated heterocycles. The first-order chi connectivity index (χ1) is 15.8. The molecule has 0 spiro atoms. The molecule has 4 aromatic carbocycles. The summed E-state index contributed by atoms with van der Waals surface area (Å²) in [5.74, 6) is -0.337. The van der Waals surface area contributed by atoms with E-state index in [1.165, 1.54) is 11.1 Å². The van der Waals surface area contributed by atoms with Crippen LogP contribution in [-0.2, 0) is 38.6 Å². The fraction of sp³-hybridized carbons (Fsp3) is 0.154. The Morgan fingerprint density at radius 1 is 0.514 bits per heavy atom. The number of phenols is 2. The number of hydrogen-bond donors (Lipinski definition) is 2. The summed E-state index contributed by atoms with van der Waals surface area (Å²) in [4.78, 5) is 0. The quantitative estimate of drug-likeness (QED) is 0.164. The first-order valence-corrected chi connectivity index (χ1v) is 9.88. The van der Waals surface area contributed by atoms with Crippen LogP contribution in [0.2, 0.25) is 0 Å². The van der Waals surface area contributed by atoms with Crippen LogP contribution in [0.3, 0.4) is 0 Å². The minimum absolute atomic E-state index is 0. The van der Waals surface area contributed by atoms with Crippen molar-refractivity contribution in [1.29, 1.82) is 0 Å². The topological polar surface area (TPSA) is 40.5 Å². The van der Waals surface area contributed by atoms with E-state index in [9.17, 15) is 26.3 Å². The molecule has 186 valence electrons. The number of aromatic hydroxyl groups is 2. The van der Waals surface area contributed by atoms with Crippen molar-refractivity contribution in [2.24, 2.45) is 0 Å². The minimum atomic E-state index is -4.33. The van der Waals surface area contributed by atoms with Gasteiger partial charge >= 0.3 is 38.6 Å². The molecule has 2 nitrogen and oxygen atoms in total. The van der Waals surface area contributed by atoms with Crippen LogP contribution in [0.1, 0.15) is 22.3 Å². The van der Waals surface area contributed by atoms with Gasteiger partial charge in [0, 0.05) is 0 Å². The number of aryl methyl sites for hydroxylation is 2. The minimum Gasteiger partial charge on any atom is -0.508 e. The van der Waals surface area contributed by atoms with E-state index in [0.717, 1.165) is 48.5 Å². The molecule has 2 N–H and O–H groups in total. The van der Waals surface area contributed by atoms with E-state index < -0.39 is 23.5 Å². The Labute approximate surface area is 219 Å². The van der Waals surface area contributed by atoms with Crippen molar-refractivity contribution < 1.29 is 62.8 Å². The van der Waals surface area contributed by atoms with Crippen molar-refractivity contribution in [3.05, 3.63) is 119 Å². The summed E-state index contributed by atoms with van der Waals surface area (Å²) in [5, 5.41) is 17.3. The van der Waals surface area contributed by atoms with E-state index in [2.05, 4.69) is 38.1 Å². The fourth-order valence-electron chi connectivity index (χ4n) is 2.24. The van der Waals surface area contributed by atoms with Gasteiger partial charge in [-0.2, -0.15) is 61.7 Å². The van der Waals surface area contributed by atoms with E-state index >= 15 is 0 Å². The summed E-state index contributed by atoms with van der Waals surface area (Å²) < 4.78 is 71.0. The van der Waals surface area contributed by atoms with Gasteiger partial charge in [0.25, 0.3) is 0 Å². The molecule has 0 atom stereocenters. The molecule has 0 aromatic heterocycles. The zero-order valence-corrected chi connectivity index (χ0v) is 21.4. The first-order valence-electron chi connectivity index (χ1n) is 9.88. The van der Waals surface area contributed by atoms with Gasteiger partial charge in [-0.3, -0.25) is 0 Å². The molecular formula is C26H24F6O2Zr. The molecule has 35 heavy (non-hydrogen) atoms. The van der Waals surface area contributed by atoms with Crippen LogP contribution >= 0.6 is 0 Å². The van der Waals surface area contributed by atoms with Crippen molar-refractivity contribution in [3.63, 3.8) is 0 Å². The van der Waals surface area contributed by atoms with Crippen molar-refractivity contribution in [2.45, 2.75) is 26.2 Å². The number of halogens is 6. The Morgan fingerprint density at radius 2 is 0.743 bits per heavy atom. The van der Waals surface area contributed by atoms with Gasteiger partial charge in [0.05, 0.1) is 11.1 Å². The number of hydrogen-bond acceptors (Lipinski definition) is 2. The van der Waals surface area contributed by atoms with E-state index in [-0.39, 0.29) is 37.7 Å². The van der Waals surface area contributed by atoms with Crippen molar-refractivity contribution in [1.82, 2.24) is 0 Å². The second-order valence-electron chi connectivity index (χ2n) is 7.01. The zero-order chi connectivity index (χ0) is 25.8. The fourth-order valence-corrected chi connectivity index (χ4v) is 2.24. The van der Waals surface area contributed by atoms with Crippen LogP contribution in [0, 0.1) is 13.8 Å². The maximum Gasteiger partial charge on any atom is 2.00 e. The Kier molecular flexibility index (Phi) is 14.0. The first kappa shape index (κ1) is 32.2. The standard InChI is InChI=1S/2C7H5F3O.2C6H7.Zr/c2*8-7(9,10)5-1-3-6(11)4-2-5;2*1-6-4-2-3-5-6;/h2*1-4,11H;2*2-5H,1H3;/q;;2*-1;+2. The van der Waals surface area contributed by atoms with Gasteiger partial charge in [0.15, 0.2) is 0 Å². The summed E-state index contributed by atoms with van der Waals surface area (Å²) in [7, 11) is 0. The van der Waals surface area contributed by atoms with Crippen LogP contribution in [0.15, 0.2) is 97.1 Å². The number of rotatable bonds is 0. The Hall–Kier alpha value is -2.80. The molecule has 0 heterocycles. The zero-order valence-electron chi connectivity index (χ0n) is 18.9. The molecule has 4 aromatic rings. The predicted octanol–water partition coefficient (Wildman–Crippen LogP) is 8.25. The van der Waals surface area contributed by atoms with Crippen molar-refractivity contribution in [2.75, 3.05) is 0 Å². The largest absolute Gasteiger partial charge is 2.00 e. The molecule has 0 saturated carbocycles. The third kappa shape index (κ3) is 14.3. The van der Waals surface area contributed by atoms with Crippen molar-refractivity contribution in [3.8, 4) is 11.5 Å². The van der Waals surface area contributed by atoms with Gasteiger partial charge in [0.2, 0.25) is 0 Å². The molecule has 0 aliphatic heterocycles. The van der Waals surface area contributed by atoms with Crippen LogP contribution < -0.4 is 0 Å². The second kappa shape index (κ2) is 15.3. The average molecular weight is 574 g/mol. The number of phenolic OH excluding ortho intramolecular Hbond substituents is 2. The van der Waals surface area contributed by atoms with Gasteiger partial charge in [-0.05, 0) is 48.5 Å². The average Bonchev–Trinajstić information content (AvgIpc) is 3.42. The summed E-state index contributed by atoms with van der Waals surface area (Å²) in [6, 6.07) is 23.8. The van der Waals surface area contributed by atoms with Crippen molar-refractivity contribution >= 4 is 0 Å². The van der Waals surface area contributed by atoms with Gasteiger partial charge in [-0.25, -0.2) is 24.3 Å². The van der Waals surface area contributed by atoms with Gasteiger partial charge in [-0.1, -0.05) is 13.8 Å². The molecule has 4 rings (SSSR count). The van der Waals surface area contributed by atoms with Gasteiger partial charge in [-0.15, -0.1) is 0 Å². The van der Waals surface area contributed by atoms with E-state index in [1.807, 2.05) is 24.3 Å². The Bertz CT molecular complexity index is 948. The van der Waals surface area contributed by atoms with Crippen LogP contribution in [0.5, 0.6) is 11.5 Å². The molecule has 0 radical (unpaired) electrons. The number of alkyl halides is 6. The normalized spacial score (nSPS) is 10.3. The van der Waals surface area contributed by atoms with Gasteiger partial charge in [0.1, 0.15) is 11.5 Å². The molecule has 0 fully saturated rings. The van der Waals surface area contributed by atoms with Crippen LogP contribution in [0.4, 0.5) is 26.3 Å². The molecule has 9 heteroatoms. The smallest absolute Gasteiger partial charge is 0.508 e. The van der Waals surface area contributed by atoms with Gasteiger partial charge < -0.3 is 10.2 Å². The Morgan fingerprint density at radius 3 is 0.886 bits per heavy atom. The molecule has 0 bridgehead atoms. The second-order valence-corrected chi connectivity index (χ2v) is 7.01. The molecule has 0 unspecified atom stereocenters. The van der Waals surface area contributed by atoms with E-state index in [0.29, 0.717) is 0 Å². The number of benzene rings is 2.